The Balaban J connectivity index is 0.000000202. The summed E-state index contributed by atoms with van der Waals surface area (Å²) in [4.78, 5) is 7.77. The molecule has 0 atom stereocenters. The second kappa shape index (κ2) is 15.8. The lowest BCUT2D eigenvalue weighted by atomic mass is 9.80. The van der Waals surface area contributed by atoms with Crippen molar-refractivity contribution in [2.45, 2.75) is 0 Å². The molecule has 12 heteroatoms. The number of benzene rings is 2. The third-order valence-corrected chi connectivity index (χ3v) is 7.27. The lowest BCUT2D eigenvalue weighted by Crippen LogP contribution is -2.31. The third-order valence-electron chi connectivity index (χ3n) is 4.42. The van der Waals surface area contributed by atoms with Gasteiger partial charge >= 0.3 is 7.12 Å². The van der Waals surface area contributed by atoms with Crippen LogP contribution in [0.5, 0.6) is 11.5 Å². The molecule has 0 unspecified atom stereocenters. The molecule has 0 aliphatic carbocycles. The monoisotopic (exact) mass is 766 g/mol. The van der Waals surface area contributed by atoms with E-state index in [-0.39, 0.29) is 0 Å². The van der Waals surface area contributed by atoms with Crippen LogP contribution in [-0.2, 0) is 0 Å². The normalized spacial score (nSPS) is 9.81. The van der Waals surface area contributed by atoms with Crippen LogP contribution in [0, 0.1) is 3.57 Å². The molecule has 4 aromatic rings. The number of methoxy groups -OCH3 is 2. The molecule has 0 fully saturated rings. The van der Waals surface area contributed by atoms with Gasteiger partial charge in [-0.15, -0.1) is 0 Å². The standard InChI is InChI=1S/C12H9BrClNO.C7H8BBrO3.C5H3ClIN/c1-16-12-3-2-8(13)6-10(12)9-4-5-15-7-11(9)14;1-12-7-3-2-5(9)4-6(7)8(10)11;6-4-3-8-2-1-5(4)7/h2-7H,1H3;2-4,10-11H,1H3;1-3H. The Morgan fingerprint density at radius 2 is 1.33 bits per heavy atom. The van der Waals surface area contributed by atoms with Gasteiger partial charge in [0.05, 0.1) is 24.3 Å². The predicted molar refractivity (Wildman–Crippen MR) is 161 cm³/mol. The van der Waals surface area contributed by atoms with Gasteiger partial charge in [-0.25, -0.2) is 0 Å². The van der Waals surface area contributed by atoms with Gasteiger partial charge in [0.25, 0.3) is 0 Å². The second-order valence-corrected chi connectivity index (χ2v) is 10.6. The van der Waals surface area contributed by atoms with Crippen molar-refractivity contribution >= 4 is 90.2 Å². The number of halogens is 5. The Bertz CT molecular complexity index is 1270. The Hall–Kier alpha value is -1.41. The molecule has 2 aromatic carbocycles. The van der Waals surface area contributed by atoms with Gasteiger partial charge in [-0.3, -0.25) is 9.97 Å². The molecule has 0 aliphatic heterocycles. The summed E-state index contributed by atoms with van der Waals surface area (Å²) in [5, 5.41) is 19.2. The number of rotatable bonds is 4. The van der Waals surface area contributed by atoms with Crippen molar-refractivity contribution in [1.29, 1.82) is 0 Å². The summed E-state index contributed by atoms with van der Waals surface area (Å²) in [5.41, 5.74) is 2.21. The van der Waals surface area contributed by atoms with E-state index in [1.807, 2.05) is 30.3 Å². The zero-order valence-corrected chi connectivity index (χ0v) is 25.8. The summed E-state index contributed by atoms with van der Waals surface area (Å²) in [6.07, 6.45) is 6.68. The van der Waals surface area contributed by atoms with Crippen LogP contribution in [0.2, 0.25) is 10.0 Å². The Morgan fingerprint density at radius 1 is 0.778 bits per heavy atom. The highest BCUT2D eigenvalue weighted by Gasteiger charge is 2.16. The van der Waals surface area contributed by atoms with E-state index in [1.165, 1.54) is 7.11 Å². The number of hydrogen-bond acceptors (Lipinski definition) is 6. The lowest BCUT2D eigenvalue weighted by Gasteiger charge is -2.10. The first-order valence-corrected chi connectivity index (χ1v) is 13.5. The first-order valence-electron chi connectivity index (χ1n) is 10.1. The summed E-state index contributed by atoms with van der Waals surface area (Å²) >= 11 is 20.5. The Labute approximate surface area is 250 Å². The highest BCUT2D eigenvalue weighted by Crippen LogP contribution is 2.36. The smallest absolute Gasteiger partial charge is 0.492 e. The fourth-order valence-electron chi connectivity index (χ4n) is 2.75. The molecule has 2 N–H and O–H groups in total. The molecule has 0 spiro atoms. The van der Waals surface area contributed by atoms with Gasteiger partial charge in [0, 0.05) is 53.9 Å². The van der Waals surface area contributed by atoms with E-state index in [0.717, 1.165) is 29.4 Å². The van der Waals surface area contributed by atoms with Gasteiger partial charge in [-0.1, -0.05) is 55.1 Å². The number of aromatic nitrogens is 2. The molecule has 4 rings (SSSR count). The van der Waals surface area contributed by atoms with E-state index in [1.54, 1.807) is 50.1 Å². The molecule has 0 aliphatic rings. The van der Waals surface area contributed by atoms with Crippen LogP contribution >= 0.6 is 77.7 Å². The van der Waals surface area contributed by atoms with Crippen LogP contribution < -0.4 is 14.9 Å². The molecule has 2 aromatic heterocycles. The van der Waals surface area contributed by atoms with Crippen LogP contribution in [0.3, 0.4) is 0 Å². The van der Waals surface area contributed by atoms with E-state index in [9.17, 15) is 0 Å². The van der Waals surface area contributed by atoms with Gasteiger partial charge in [0.2, 0.25) is 0 Å². The molecule has 6 nitrogen and oxygen atoms in total. The van der Waals surface area contributed by atoms with Crippen molar-refractivity contribution in [2.24, 2.45) is 0 Å². The van der Waals surface area contributed by atoms with E-state index in [2.05, 4.69) is 64.4 Å². The first kappa shape index (κ1) is 30.8. The van der Waals surface area contributed by atoms with Crippen LogP contribution in [-0.4, -0.2) is 41.4 Å². The Morgan fingerprint density at radius 3 is 1.83 bits per heavy atom. The summed E-state index contributed by atoms with van der Waals surface area (Å²) in [6.45, 7) is 0. The molecule has 2 heterocycles. The van der Waals surface area contributed by atoms with Gasteiger partial charge < -0.3 is 19.5 Å². The summed E-state index contributed by atoms with van der Waals surface area (Å²) in [7, 11) is 1.62. The van der Waals surface area contributed by atoms with Crippen LogP contribution in [0.1, 0.15) is 0 Å². The minimum atomic E-state index is -1.50. The molecular formula is C24H20BBr2Cl2IN2O4. The largest absolute Gasteiger partial charge is 0.497 e. The fraction of sp³-hybridized carbons (Fsp3) is 0.0833. The average Bonchev–Trinajstić information content (AvgIpc) is 2.87. The molecule has 0 saturated heterocycles. The lowest BCUT2D eigenvalue weighted by molar-refractivity contribution is 0.403. The van der Waals surface area contributed by atoms with Gasteiger partial charge in [0.15, 0.2) is 0 Å². The fourth-order valence-corrected chi connectivity index (χ4v) is 4.13. The number of pyridine rings is 2. The minimum absolute atomic E-state index is 0.354. The van der Waals surface area contributed by atoms with Gasteiger partial charge in [-0.05, 0) is 71.1 Å². The van der Waals surface area contributed by atoms with Crippen molar-refractivity contribution in [2.75, 3.05) is 14.2 Å². The highest BCUT2D eigenvalue weighted by molar-refractivity contribution is 14.1. The quantitative estimate of drug-likeness (QED) is 0.179. The topological polar surface area (TPSA) is 84.7 Å². The van der Waals surface area contributed by atoms with Crippen molar-refractivity contribution in [3.63, 3.8) is 0 Å². The average molecular weight is 769 g/mol. The summed E-state index contributed by atoms with van der Waals surface area (Å²) in [5.74, 6) is 1.25. The van der Waals surface area contributed by atoms with Crippen LogP contribution in [0.4, 0.5) is 0 Å². The first-order chi connectivity index (χ1) is 17.2. The maximum Gasteiger partial charge on any atom is 0.492 e. The van der Waals surface area contributed by atoms with E-state index in [4.69, 9.17) is 42.7 Å². The van der Waals surface area contributed by atoms with Crippen molar-refractivity contribution in [1.82, 2.24) is 9.97 Å². The number of ether oxygens (including phenoxy) is 2. The molecule has 0 saturated carbocycles. The van der Waals surface area contributed by atoms with E-state index < -0.39 is 7.12 Å². The zero-order valence-electron chi connectivity index (χ0n) is 19.0. The molecule has 188 valence electrons. The minimum Gasteiger partial charge on any atom is -0.497 e. The SMILES string of the molecule is COc1ccc(Br)cc1-c1ccncc1Cl.COc1ccc(Br)cc1B(O)O.Clc1cnccc1I. The van der Waals surface area contributed by atoms with E-state index in [0.29, 0.717) is 21.3 Å². The van der Waals surface area contributed by atoms with E-state index >= 15 is 0 Å². The van der Waals surface area contributed by atoms with Crippen LogP contribution in [0.25, 0.3) is 11.1 Å². The van der Waals surface area contributed by atoms with Crippen molar-refractivity contribution in [3.8, 4) is 22.6 Å². The predicted octanol–water partition coefficient (Wildman–Crippen LogP) is 6.65. The number of nitrogens with zero attached hydrogens (tertiary/aromatic N) is 2. The van der Waals surface area contributed by atoms with Crippen LogP contribution in [0.15, 0.2) is 82.3 Å². The maximum absolute atomic E-state index is 8.91. The molecule has 0 radical (unpaired) electrons. The third kappa shape index (κ3) is 9.48. The van der Waals surface area contributed by atoms with Crippen molar-refractivity contribution in [3.05, 3.63) is 95.9 Å². The molecule has 36 heavy (non-hydrogen) atoms. The zero-order chi connectivity index (χ0) is 26.7. The van der Waals surface area contributed by atoms with Gasteiger partial charge in [0.1, 0.15) is 11.5 Å². The summed E-state index contributed by atoms with van der Waals surface area (Å²) in [6, 6.07) is 14.6. The Kier molecular flexibility index (Phi) is 13.5. The van der Waals surface area contributed by atoms with Gasteiger partial charge in [-0.2, -0.15) is 0 Å². The maximum atomic E-state index is 8.91. The molecular weight excluding hydrogens is 749 g/mol. The number of hydrogen-bond donors (Lipinski definition) is 2. The highest BCUT2D eigenvalue weighted by atomic mass is 127. The molecule has 0 bridgehead atoms. The summed E-state index contributed by atoms with van der Waals surface area (Å²) < 4.78 is 13.0. The molecule has 0 amide bonds. The second-order valence-electron chi connectivity index (χ2n) is 6.75. The van der Waals surface area contributed by atoms with Crippen molar-refractivity contribution < 1.29 is 19.5 Å².